The highest BCUT2D eigenvalue weighted by Crippen LogP contribution is 2.47. The molecule has 0 unspecified atom stereocenters. The topological polar surface area (TPSA) is 49.7 Å². The average Bonchev–Trinajstić information content (AvgIpc) is 2.55. The summed E-state index contributed by atoms with van der Waals surface area (Å²) in [5, 5.41) is 10.8. The van der Waals surface area contributed by atoms with Gasteiger partial charge in [-0.05, 0) is 63.1 Å². The monoisotopic (exact) mass is 362 g/mol. The van der Waals surface area contributed by atoms with E-state index < -0.39 is 0 Å². The van der Waals surface area contributed by atoms with Crippen LogP contribution in [0.4, 0.5) is 0 Å². The lowest BCUT2D eigenvalue weighted by Gasteiger charge is -2.32. The lowest BCUT2D eigenvalue weighted by molar-refractivity contribution is 0.425. The molecule has 1 aliphatic carbocycles. The average molecular weight is 363 g/mol. The Labute approximate surface area is 156 Å². The number of aryl methyl sites for hydroxylation is 1. The molecule has 1 aromatic rings. The molecule has 4 heteroatoms. The summed E-state index contributed by atoms with van der Waals surface area (Å²) < 4.78 is 14.7. The largest absolute Gasteiger partial charge is 0.507 e. The molecule has 1 aliphatic rings. The number of rotatable bonds is 8. The van der Waals surface area contributed by atoms with E-state index in [2.05, 4.69) is 26.5 Å². The molecule has 138 valence electrons. The lowest BCUT2D eigenvalue weighted by Crippen LogP contribution is -2.17. The van der Waals surface area contributed by atoms with E-state index in [1.54, 1.807) is 0 Å². The van der Waals surface area contributed by atoms with Gasteiger partial charge >= 0.3 is 0 Å². The number of phenols is 1. The minimum absolute atomic E-state index is 0.0260. The predicted molar refractivity (Wildman–Crippen MR) is 106 cm³/mol. The van der Waals surface area contributed by atoms with Gasteiger partial charge in [0.1, 0.15) is 11.5 Å². The Bertz CT molecular complexity index is 636. The van der Waals surface area contributed by atoms with Crippen molar-refractivity contribution < 1.29 is 13.8 Å². The maximum absolute atomic E-state index is 10.8. The molecular formula is C21H30O3S. The first-order chi connectivity index (χ1) is 12.0. The molecule has 0 heterocycles. The quantitative estimate of drug-likeness (QED) is 0.309. The molecule has 0 radical (unpaired) electrons. The minimum Gasteiger partial charge on any atom is -0.507 e. The molecular weight excluding hydrogens is 332 g/mol. The van der Waals surface area contributed by atoms with Gasteiger partial charge < -0.3 is 9.29 Å². The van der Waals surface area contributed by atoms with Gasteiger partial charge in [0.2, 0.25) is 12.3 Å². The van der Waals surface area contributed by atoms with Gasteiger partial charge in [-0.1, -0.05) is 43.6 Å². The second kappa shape index (κ2) is 9.35. The molecule has 2 rings (SSSR count). The van der Waals surface area contributed by atoms with Gasteiger partial charge in [0.15, 0.2) is 0 Å². The van der Waals surface area contributed by atoms with Crippen molar-refractivity contribution in [1.82, 2.24) is 0 Å². The summed E-state index contributed by atoms with van der Waals surface area (Å²) in [6.45, 7) is 10.5. The molecule has 0 saturated carbocycles. The Morgan fingerprint density at radius 3 is 2.76 bits per heavy atom. The maximum atomic E-state index is 10.8. The number of benzene rings is 1. The number of allylic oxidation sites excluding steroid dienone is 3. The normalized spacial score (nSPS) is 20.2. The molecule has 0 bridgehead atoms. The van der Waals surface area contributed by atoms with E-state index in [0.29, 0.717) is 18.1 Å². The Kier molecular flexibility index (Phi) is 7.45. The first kappa shape index (κ1) is 19.9. The lowest BCUT2D eigenvalue weighted by atomic mass is 9.73. The van der Waals surface area contributed by atoms with Crippen LogP contribution in [-0.2, 0) is 6.42 Å². The van der Waals surface area contributed by atoms with Crippen LogP contribution in [0, 0.1) is 5.92 Å². The summed E-state index contributed by atoms with van der Waals surface area (Å²) in [5.74, 6) is 1.10. The van der Waals surface area contributed by atoms with E-state index in [9.17, 15) is 9.66 Å². The fourth-order valence-electron chi connectivity index (χ4n) is 3.74. The highest BCUT2D eigenvalue weighted by atomic mass is 32.2. The molecule has 0 amide bonds. The molecule has 2 N–H and O–H groups in total. The van der Waals surface area contributed by atoms with E-state index >= 15 is 0 Å². The minimum atomic E-state index is 0.0260. The standard InChI is InChI=1S/C21H30O3S/c1-5-6-7-8-16-12-19(22)21(20(13-16)24-25-23)18-11-15(4)9-10-17(18)14(2)3/h11-13,17-18,22-23H,2,5-10H2,1,3-4H3/t17-,18+/m0/s1. The maximum Gasteiger partial charge on any atom is 0.222 e. The fraction of sp³-hybridized carbons (Fsp3) is 0.524. The molecule has 25 heavy (non-hydrogen) atoms. The van der Waals surface area contributed by atoms with E-state index in [1.807, 2.05) is 19.1 Å². The molecule has 0 saturated heterocycles. The summed E-state index contributed by atoms with van der Waals surface area (Å²) in [5.41, 5.74) is 4.23. The van der Waals surface area contributed by atoms with Gasteiger partial charge in [0.05, 0.1) is 0 Å². The summed E-state index contributed by atoms with van der Waals surface area (Å²) in [6, 6.07) is 3.81. The number of hydrogen-bond acceptors (Lipinski definition) is 4. The van der Waals surface area contributed by atoms with Crippen LogP contribution < -0.4 is 4.18 Å². The first-order valence-electron chi connectivity index (χ1n) is 9.14. The van der Waals surface area contributed by atoms with Gasteiger partial charge in [-0.2, -0.15) is 0 Å². The van der Waals surface area contributed by atoms with Crippen molar-refractivity contribution in [2.24, 2.45) is 5.92 Å². The molecule has 2 atom stereocenters. The Morgan fingerprint density at radius 1 is 1.36 bits per heavy atom. The first-order valence-corrected chi connectivity index (χ1v) is 9.84. The van der Waals surface area contributed by atoms with Crippen LogP contribution in [-0.4, -0.2) is 9.66 Å². The van der Waals surface area contributed by atoms with Gasteiger partial charge in [-0.25, -0.2) is 0 Å². The highest BCUT2D eigenvalue weighted by molar-refractivity contribution is 7.89. The number of hydrogen-bond donors (Lipinski definition) is 2. The second-order valence-electron chi connectivity index (χ2n) is 7.17. The van der Waals surface area contributed by atoms with E-state index in [4.69, 9.17) is 4.18 Å². The van der Waals surface area contributed by atoms with Crippen LogP contribution >= 0.6 is 12.3 Å². The van der Waals surface area contributed by atoms with Gasteiger partial charge in [0.25, 0.3) is 0 Å². The predicted octanol–water partition coefficient (Wildman–Crippen LogP) is 6.64. The molecule has 3 nitrogen and oxygen atoms in total. The molecule has 0 spiro atoms. The Hall–Kier alpha value is -1.39. The van der Waals surface area contributed by atoms with Gasteiger partial charge in [0, 0.05) is 11.5 Å². The Morgan fingerprint density at radius 2 is 2.12 bits per heavy atom. The van der Waals surface area contributed by atoms with E-state index in [-0.39, 0.29) is 17.6 Å². The van der Waals surface area contributed by atoms with Crippen molar-refractivity contribution in [3.63, 3.8) is 0 Å². The molecule has 0 aliphatic heterocycles. The van der Waals surface area contributed by atoms with Gasteiger partial charge in [-0.15, -0.1) is 0 Å². The summed E-state index contributed by atoms with van der Waals surface area (Å²) >= 11 is 0.335. The zero-order valence-corrected chi connectivity index (χ0v) is 16.4. The summed E-state index contributed by atoms with van der Waals surface area (Å²) in [4.78, 5) is 0. The Balaban J connectivity index is 2.43. The van der Waals surface area contributed by atoms with Crippen molar-refractivity contribution in [2.75, 3.05) is 0 Å². The third-order valence-electron chi connectivity index (χ3n) is 5.09. The fourth-order valence-corrected chi connectivity index (χ4v) is 3.96. The number of aromatic hydroxyl groups is 1. The van der Waals surface area contributed by atoms with Crippen molar-refractivity contribution in [1.29, 1.82) is 0 Å². The van der Waals surface area contributed by atoms with Gasteiger partial charge in [-0.3, -0.25) is 4.55 Å². The van der Waals surface area contributed by atoms with Crippen molar-refractivity contribution in [3.8, 4) is 11.5 Å². The van der Waals surface area contributed by atoms with Crippen LogP contribution in [0.1, 0.15) is 69.9 Å². The van der Waals surface area contributed by atoms with E-state index in [1.165, 1.54) is 5.57 Å². The number of unbranched alkanes of at least 4 members (excludes halogenated alkanes) is 2. The third kappa shape index (κ3) is 5.05. The van der Waals surface area contributed by atoms with Crippen LogP contribution in [0.5, 0.6) is 11.5 Å². The smallest absolute Gasteiger partial charge is 0.222 e. The van der Waals surface area contributed by atoms with Crippen LogP contribution in [0.3, 0.4) is 0 Å². The number of phenolic OH excluding ortho intramolecular Hbond substituents is 1. The zero-order chi connectivity index (χ0) is 18.4. The van der Waals surface area contributed by atoms with Crippen molar-refractivity contribution in [3.05, 3.63) is 47.1 Å². The summed E-state index contributed by atoms with van der Waals surface area (Å²) in [7, 11) is 0. The molecule has 0 fully saturated rings. The second-order valence-corrected chi connectivity index (χ2v) is 7.49. The highest BCUT2D eigenvalue weighted by Gasteiger charge is 2.30. The van der Waals surface area contributed by atoms with Crippen molar-refractivity contribution >= 4 is 12.3 Å². The SMILES string of the molecule is C=C(C)[C@@H]1CCC(C)=C[C@H]1c1c(O)cc(CCCCC)cc1OSO. The summed E-state index contributed by atoms with van der Waals surface area (Å²) in [6.07, 6.45) is 8.58. The third-order valence-corrected chi connectivity index (χ3v) is 5.34. The molecule has 1 aromatic carbocycles. The zero-order valence-electron chi connectivity index (χ0n) is 15.5. The van der Waals surface area contributed by atoms with Crippen molar-refractivity contribution in [2.45, 2.75) is 65.2 Å². The van der Waals surface area contributed by atoms with E-state index in [0.717, 1.165) is 55.2 Å². The van der Waals surface area contributed by atoms with Crippen LogP contribution in [0.25, 0.3) is 0 Å². The van der Waals surface area contributed by atoms with Crippen LogP contribution in [0.2, 0.25) is 0 Å². The molecule has 0 aromatic heterocycles. The van der Waals surface area contributed by atoms with Crippen LogP contribution in [0.15, 0.2) is 35.9 Å².